The second-order valence-corrected chi connectivity index (χ2v) is 6.36. The van der Waals surface area contributed by atoms with E-state index in [-0.39, 0.29) is 42.0 Å². The molecule has 0 unspecified atom stereocenters. The smallest absolute Gasteiger partial charge is 0.308 e. The molecular weight excluding hydrogens is 447 g/mol. The summed E-state index contributed by atoms with van der Waals surface area (Å²) in [6.07, 6.45) is 3.50. The van der Waals surface area contributed by atoms with Crippen molar-refractivity contribution in [2.24, 2.45) is 10.9 Å². The average molecular weight is 476 g/mol. The highest BCUT2D eigenvalue weighted by atomic mass is 127. The number of methoxy groups -OCH3 is 1. The van der Waals surface area contributed by atoms with E-state index in [1.54, 1.807) is 7.05 Å². The van der Waals surface area contributed by atoms with Gasteiger partial charge in [-0.15, -0.1) is 24.0 Å². The summed E-state index contributed by atoms with van der Waals surface area (Å²) in [7, 11) is 3.22. The van der Waals surface area contributed by atoms with E-state index in [9.17, 15) is 4.79 Å². The molecule has 0 bridgehead atoms. The van der Waals surface area contributed by atoms with Crippen LogP contribution in [0.5, 0.6) is 5.88 Å². The number of guanidine groups is 1. The van der Waals surface area contributed by atoms with Gasteiger partial charge in [0.25, 0.3) is 0 Å². The van der Waals surface area contributed by atoms with Gasteiger partial charge in [0.05, 0.1) is 19.1 Å². The van der Waals surface area contributed by atoms with Gasteiger partial charge < -0.3 is 19.7 Å². The van der Waals surface area contributed by atoms with Gasteiger partial charge in [0.2, 0.25) is 5.88 Å². The number of hydrogen-bond donors (Lipinski definition) is 1. The molecule has 0 atom stereocenters. The van der Waals surface area contributed by atoms with Crippen molar-refractivity contribution in [2.45, 2.75) is 39.3 Å². The zero-order valence-corrected chi connectivity index (χ0v) is 18.2. The normalized spacial score (nSPS) is 15.4. The van der Waals surface area contributed by atoms with Crippen LogP contribution in [0.2, 0.25) is 0 Å². The fourth-order valence-electron chi connectivity index (χ4n) is 2.83. The van der Waals surface area contributed by atoms with Crippen LogP contribution in [0.25, 0.3) is 0 Å². The number of nitrogens with zero attached hydrogens (tertiary/aromatic N) is 3. The Bertz CT molecular complexity index is 585. The summed E-state index contributed by atoms with van der Waals surface area (Å²) in [5, 5.41) is 3.35. The van der Waals surface area contributed by atoms with E-state index in [1.807, 2.05) is 32.2 Å². The van der Waals surface area contributed by atoms with Crippen molar-refractivity contribution in [1.82, 2.24) is 15.2 Å². The van der Waals surface area contributed by atoms with E-state index >= 15 is 0 Å². The maximum Gasteiger partial charge on any atom is 0.308 e. The molecular formula is C18H29IN4O3. The zero-order valence-electron chi connectivity index (χ0n) is 15.9. The first-order valence-corrected chi connectivity index (χ1v) is 8.68. The van der Waals surface area contributed by atoms with Crippen LogP contribution in [0.3, 0.4) is 0 Å². The number of halogens is 1. The number of likely N-dealkylation sites (tertiary alicyclic amines) is 1. The number of carbonyl (C=O) groups is 1. The summed E-state index contributed by atoms with van der Waals surface area (Å²) >= 11 is 0. The van der Waals surface area contributed by atoms with E-state index in [2.05, 4.69) is 20.2 Å². The molecule has 0 spiro atoms. The number of rotatable bonds is 5. The second-order valence-electron chi connectivity index (χ2n) is 6.36. The van der Waals surface area contributed by atoms with Crippen molar-refractivity contribution in [3.8, 4) is 5.88 Å². The summed E-state index contributed by atoms with van der Waals surface area (Å²) in [4.78, 5) is 22.4. The summed E-state index contributed by atoms with van der Waals surface area (Å²) < 4.78 is 10.4. The molecule has 146 valence electrons. The molecule has 1 aromatic rings. The molecule has 1 N–H and O–H groups in total. The fourth-order valence-corrected chi connectivity index (χ4v) is 2.83. The maximum atomic E-state index is 11.6. The lowest BCUT2D eigenvalue weighted by molar-refractivity contribution is -0.146. The number of aromatic nitrogens is 1. The van der Waals surface area contributed by atoms with Gasteiger partial charge >= 0.3 is 5.97 Å². The summed E-state index contributed by atoms with van der Waals surface area (Å²) in [6, 6.07) is 3.87. The van der Waals surface area contributed by atoms with E-state index in [0.717, 1.165) is 37.5 Å². The number of hydrogen-bond acceptors (Lipinski definition) is 5. The van der Waals surface area contributed by atoms with Crippen LogP contribution in [0.15, 0.2) is 23.3 Å². The van der Waals surface area contributed by atoms with Gasteiger partial charge in [0, 0.05) is 38.9 Å². The molecule has 26 heavy (non-hydrogen) atoms. The van der Waals surface area contributed by atoms with Gasteiger partial charge in [-0.05, 0) is 32.3 Å². The van der Waals surface area contributed by atoms with Crippen LogP contribution in [-0.2, 0) is 16.1 Å². The molecule has 0 aliphatic carbocycles. The Morgan fingerprint density at radius 3 is 2.58 bits per heavy atom. The van der Waals surface area contributed by atoms with Crippen LogP contribution in [0.4, 0.5) is 0 Å². The van der Waals surface area contributed by atoms with Crippen molar-refractivity contribution in [3.63, 3.8) is 0 Å². The Balaban J connectivity index is 0.00000338. The number of pyridine rings is 1. The third kappa shape index (κ3) is 6.62. The SMILES string of the molecule is CN=C(NCc1ccc(OC(C)C)nc1)N1CCC(C(=O)OC)CC1.I. The molecule has 0 aromatic carbocycles. The molecule has 0 amide bonds. The highest BCUT2D eigenvalue weighted by Gasteiger charge is 2.26. The van der Waals surface area contributed by atoms with Crippen LogP contribution in [-0.4, -0.2) is 55.2 Å². The molecule has 1 fully saturated rings. The van der Waals surface area contributed by atoms with Gasteiger partial charge in [0.1, 0.15) is 0 Å². The molecule has 1 aliphatic heterocycles. The minimum absolute atomic E-state index is 0. The average Bonchev–Trinajstić information content (AvgIpc) is 2.63. The lowest BCUT2D eigenvalue weighted by Crippen LogP contribution is -2.46. The van der Waals surface area contributed by atoms with Crippen LogP contribution < -0.4 is 10.1 Å². The van der Waals surface area contributed by atoms with Gasteiger partial charge in [-0.3, -0.25) is 9.79 Å². The molecule has 2 heterocycles. The Labute approximate surface area is 172 Å². The quantitative estimate of drug-likeness (QED) is 0.305. The van der Waals surface area contributed by atoms with Gasteiger partial charge in [-0.1, -0.05) is 6.07 Å². The summed E-state index contributed by atoms with van der Waals surface area (Å²) in [6.45, 7) is 6.17. The first-order chi connectivity index (χ1) is 12.0. The number of piperidine rings is 1. The third-order valence-electron chi connectivity index (χ3n) is 4.15. The van der Waals surface area contributed by atoms with E-state index in [4.69, 9.17) is 9.47 Å². The Morgan fingerprint density at radius 1 is 1.38 bits per heavy atom. The first-order valence-electron chi connectivity index (χ1n) is 8.68. The van der Waals surface area contributed by atoms with E-state index in [1.165, 1.54) is 7.11 Å². The van der Waals surface area contributed by atoms with Gasteiger partial charge in [0.15, 0.2) is 5.96 Å². The molecule has 0 saturated carbocycles. The molecule has 1 aromatic heterocycles. The van der Waals surface area contributed by atoms with Crippen LogP contribution in [0.1, 0.15) is 32.3 Å². The van der Waals surface area contributed by atoms with Crippen molar-refractivity contribution in [2.75, 3.05) is 27.2 Å². The highest BCUT2D eigenvalue weighted by Crippen LogP contribution is 2.18. The van der Waals surface area contributed by atoms with Crippen molar-refractivity contribution in [3.05, 3.63) is 23.9 Å². The monoisotopic (exact) mass is 476 g/mol. The number of ether oxygens (including phenoxy) is 2. The standard InChI is InChI=1S/C18H28N4O3.HI/c1-13(2)25-16-6-5-14(11-20-16)12-21-18(19-3)22-9-7-15(8-10-22)17(23)24-4;/h5-6,11,13,15H,7-10,12H2,1-4H3,(H,19,21);1H. The molecule has 2 rings (SSSR count). The Morgan fingerprint density at radius 2 is 2.08 bits per heavy atom. The molecule has 0 radical (unpaired) electrons. The van der Waals surface area contributed by atoms with E-state index in [0.29, 0.717) is 12.4 Å². The minimum atomic E-state index is -0.114. The number of esters is 1. The van der Waals surface area contributed by atoms with Crippen molar-refractivity contribution in [1.29, 1.82) is 0 Å². The number of nitrogens with one attached hydrogen (secondary N) is 1. The lowest BCUT2D eigenvalue weighted by atomic mass is 9.97. The Hall–Kier alpha value is -1.58. The number of carbonyl (C=O) groups excluding carboxylic acids is 1. The van der Waals surface area contributed by atoms with Crippen LogP contribution >= 0.6 is 24.0 Å². The molecule has 1 saturated heterocycles. The molecule has 8 heteroatoms. The molecule has 1 aliphatic rings. The predicted octanol–water partition coefficient (Wildman–Crippen LogP) is 2.45. The zero-order chi connectivity index (χ0) is 18.2. The van der Waals surface area contributed by atoms with Gasteiger partial charge in [-0.2, -0.15) is 0 Å². The summed E-state index contributed by atoms with van der Waals surface area (Å²) in [5.41, 5.74) is 1.06. The molecule has 7 nitrogen and oxygen atoms in total. The maximum absolute atomic E-state index is 11.6. The lowest BCUT2D eigenvalue weighted by Gasteiger charge is -2.33. The van der Waals surface area contributed by atoms with Gasteiger partial charge in [-0.25, -0.2) is 4.98 Å². The highest BCUT2D eigenvalue weighted by molar-refractivity contribution is 14.0. The van der Waals surface area contributed by atoms with Crippen LogP contribution in [0, 0.1) is 5.92 Å². The second kappa shape index (κ2) is 11.2. The topological polar surface area (TPSA) is 76.1 Å². The number of aliphatic imine (C=N–C) groups is 1. The first kappa shape index (κ1) is 22.5. The largest absolute Gasteiger partial charge is 0.475 e. The van der Waals surface area contributed by atoms with Crippen molar-refractivity contribution < 1.29 is 14.3 Å². The van der Waals surface area contributed by atoms with E-state index < -0.39 is 0 Å². The third-order valence-corrected chi connectivity index (χ3v) is 4.15. The predicted molar refractivity (Wildman–Crippen MR) is 112 cm³/mol. The minimum Gasteiger partial charge on any atom is -0.475 e. The Kier molecular flexibility index (Phi) is 9.68. The van der Waals surface area contributed by atoms with Crippen molar-refractivity contribution >= 4 is 35.9 Å². The fraction of sp³-hybridized carbons (Fsp3) is 0.611. The summed E-state index contributed by atoms with van der Waals surface area (Å²) in [5.74, 6) is 1.35.